The highest BCUT2D eigenvalue weighted by atomic mass is 16.3. The molecule has 4 atom stereocenters. The summed E-state index contributed by atoms with van der Waals surface area (Å²) >= 11 is 0. The van der Waals surface area contributed by atoms with Crippen LogP contribution in [0, 0.1) is 11.8 Å². The molecule has 0 spiro atoms. The number of hydrogen-bond acceptors (Lipinski definition) is 4. The van der Waals surface area contributed by atoms with Gasteiger partial charge in [0, 0.05) is 6.04 Å². The van der Waals surface area contributed by atoms with E-state index < -0.39 is 12.0 Å². The summed E-state index contributed by atoms with van der Waals surface area (Å²) in [6.07, 6.45) is 1.16. The number of rotatable bonds is 4. The van der Waals surface area contributed by atoms with Gasteiger partial charge < -0.3 is 21.1 Å². The molecule has 2 heterocycles. The zero-order valence-corrected chi connectivity index (χ0v) is 11.5. The molecule has 0 aromatic rings. The molecular weight excluding hydrogens is 246 g/mol. The summed E-state index contributed by atoms with van der Waals surface area (Å²) in [5, 5.41) is 18.6. The van der Waals surface area contributed by atoms with Crippen molar-refractivity contribution in [2.75, 3.05) is 13.1 Å². The van der Waals surface area contributed by atoms with Crippen molar-refractivity contribution in [3.8, 4) is 0 Å². The maximum absolute atomic E-state index is 12.2. The highest BCUT2D eigenvalue weighted by Crippen LogP contribution is 2.25. The van der Waals surface area contributed by atoms with Crippen molar-refractivity contribution in [1.82, 2.24) is 16.0 Å². The number of carbonyl (C=O) groups is 2. The molecule has 2 saturated heterocycles. The number of amides is 2. The van der Waals surface area contributed by atoms with Gasteiger partial charge in [-0.15, -0.1) is 0 Å². The molecule has 0 radical (unpaired) electrons. The number of aliphatic hydroxyl groups excluding tert-OH is 1. The molecule has 2 rings (SSSR count). The number of aliphatic hydroxyl groups is 1. The van der Waals surface area contributed by atoms with Crippen LogP contribution in [-0.2, 0) is 9.59 Å². The van der Waals surface area contributed by atoms with Crippen molar-refractivity contribution >= 4 is 11.8 Å². The molecule has 6 nitrogen and oxygen atoms in total. The summed E-state index contributed by atoms with van der Waals surface area (Å²) in [7, 11) is 0. The summed E-state index contributed by atoms with van der Waals surface area (Å²) in [5.74, 6) is -0.981. The lowest BCUT2D eigenvalue weighted by molar-refractivity contribution is -0.145. The zero-order chi connectivity index (χ0) is 14.0. The van der Waals surface area contributed by atoms with Crippen LogP contribution in [-0.4, -0.2) is 48.2 Å². The molecule has 2 aliphatic heterocycles. The SMILES string of the molecule is CC(C(=O)NC1CCNCC1)[C@H]1NC(=O)[C@@H]1[C@@H](C)O. The Morgan fingerprint density at radius 2 is 2.00 bits per heavy atom. The quantitative estimate of drug-likeness (QED) is 0.492. The third-order valence-electron chi connectivity index (χ3n) is 4.16. The summed E-state index contributed by atoms with van der Waals surface area (Å²) in [4.78, 5) is 23.5. The minimum atomic E-state index is -0.715. The molecule has 1 unspecified atom stereocenters. The van der Waals surface area contributed by atoms with E-state index in [9.17, 15) is 14.7 Å². The Bertz CT molecular complexity index is 353. The van der Waals surface area contributed by atoms with E-state index in [0.717, 1.165) is 25.9 Å². The van der Waals surface area contributed by atoms with E-state index in [0.29, 0.717) is 0 Å². The van der Waals surface area contributed by atoms with Gasteiger partial charge in [0.1, 0.15) is 0 Å². The number of carbonyl (C=O) groups excluding carboxylic acids is 2. The highest BCUT2D eigenvalue weighted by molar-refractivity contribution is 5.90. The van der Waals surface area contributed by atoms with Gasteiger partial charge in [0.15, 0.2) is 0 Å². The Labute approximate surface area is 113 Å². The minimum Gasteiger partial charge on any atom is -0.393 e. The third-order valence-corrected chi connectivity index (χ3v) is 4.16. The average Bonchev–Trinajstić information content (AvgIpc) is 2.35. The first-order chi connectivity index (χ1) is 9.00. The Balaban J connectivity index is 1.86. The van der Waals surface area contributed by atoms with E-state index in [1.165, 1.54) is 0 Å². The van der Waals surface area contributed by atoms with Crippen molar-refractivity contribution in [2.24, 2.45) is 11.8 Å². The van der Waals surface area contributed by atoms with E-state index in [1.54, 1.807) is 13.8 Å². The van der Waals surface area contributed by atoms with Crippen LogP contribution in [0.15, 0.2) is 0 Å². The molecule has 0 aromatic carbocycles. The second-order valence-electron chi connectivity index (χ2n) is 5.62. The lowest BCUT2D eigenvalue weighted by Gasteiger charge is -2.41. The first-order valence-electron chi connectivity index (χ1n) is 7.00. The van der Waals surface area contributed by atoms with Gasteiger partial charge >= 0.3 is 0 Å². The van der Waals surface area contributed by atoms with Gasteiger partial charge in [0.25, 0.3) is 0 Å². The first-order valence-corrected chi connectivity index (χ1v) is 7.00. The molecular formula is C13H23N3O3. The van der Waals surface area contributed by atoms with E-state index in [1.807, 2.05) is 0 Å². The second-order valence-corrected chi connectivity index (χ2v) is 5.62. The Kier molecular flexibility index (Phi) is 4.42. The van der Waals surface area contributed by atoms with Crippen LogP contribution in [0.1, 0.15) is 26.7 Å². The van der Waals surface area contributed by atoms with Crippen molar-refractivity contribution in [1.29, 1.82) is 0 Å². The van der Waals surface area contributed by atoms with Crippen LogP contribution >= 0.6 is 0 Å². The summed E-state index contributed by atoms with van der Waals surface area (Å²) in [6.45, 7) is 5.25. The topological polar surface area (TPSA) is 90.5 Å². The fraction of sp³-hybridized carbons (Fsp3) is 0.846. The Hall–Kier alpha value is -1.14. The standard InChI is InChI=1S/C13H23N3O3/c1-7(11-10(8(2)17)13(19)16-11)12(18)15-9-3-5-14-6-4-9/h7-11,14,17H,3-6H2,1-2H3,(H,15,18)(H,16,19)/t7?,8-,10-,11-/m1/s1. The van der Waals surface area contributed by atoms with Crippen LogP contribution in [0.25, 0.3) is 0 Å². The number of hydrogen-bond donors (Lipinski definition) is 4. The van der Waals surface area contributed by atoms with Crippen LogP contribution in [0.4, 0.5) is 0 Å². The highest BCUT2D eigenvalue weighted by Gasteiger charge is 2.47. The summed E-state index contributed by atoms with van der Waals surface area (Å²) in [5.41, 5.74) is 0. The van der Waals surface area contributed by atoms with E-state index >= 15 is 0 Å². The molecule has 0 aliphatic carbocycles. The average molecular weight is 269 g/mol. The van der Waals surface area contributed by atoms with Gasteiger partial charge in [0.05, 0.1) is 24.0 Å². The van der Waals surface area contributed by atoms with Crippen LogP contribution < -0.4 is 16.0 Å². The Morgan fingerprint density at radius 1 is 1.37 bits per heavy atom. The molecule has 0 saturated carbocycles. The number of β-lactam (4-membered cyclic amide) rings is 1. The molecule has 2 fully saturated rings. The molecule has 2 aliphatic rings. The van der Waals surface area contributed by atoms with E-state index in [4.69, 9.17) is 0 Å². The lowest BCUT2D eigenvalue weighted by atomic mass is 9.78. The molecule has 108 valence electrons. The zero-order valence-electron chi connectivity index (χ0n) is 11.5. The molecule has 2 amide bonds. The van der Waals surface area contributed by atoms with Crippen LogP contribution in [0.3, 0.4) is 0 Å². The van der Waals surface area contributed by atoms with Gasteiger partial charge in [-0.25, -0.2) is 0 Å². The van der Waals surface area contributed by atoms with Gasteiger partial charge in [-0.1, -0.05) is 6.92 Å². The smallest absolute Gasteiger partial charge is 0.228 e. The molecule has 19 heavy (non-hydrogen) atoms. The maximum Gasteiger partial charge on any atom is 0.228 e. The largest absolute Gasteiger partial charge is 0.393 e. The first kappa shape index (κ1) is 14.3. The number of piperidine rings is 1. The van der Waals surface area contributed by atoms with E-state index in [-0.39, 0.29) is 29.8 Å². The summed E-state index contributed by atoms with van der Waals surface area (Å²) < 4.78 is 0. The number of nitrogens with one attached hydrogen (secondary N) is 3. The third kappa shape index (κ3) is 3.06. The van der Waals surface area contributed by atoms with Gasteiger partial charge in [-0.3, -0.25) is 9.59 Å². The predicted octanol–water partition coefficient (Wildman–Crippen LogP) is -1.01. The normalized spacial score (nSPS) is 31.0. The molecule has 0 bridgehead atoms. The van der Waals surface area contributed by atoms with Crippen LogP contribution in [0.5, 0.6) is 0 Å². The van der Waals surface area contributed by atoms with Gasteiger partial charge in [0.2, 0.25) is 11.8 Å². The predicted molar refractivity (Wildman–Crippen MR) is 70.3 cm³/mol. The monoisotopic (exact) mass is 269 g/mol. The summed E-state index contributed by atoms with van der Waals surface area (Å²) in [6, 6.07) is -0.0359. The lowest BCUT2D eigenvalue weighted by Crippen LogP contribution is -2.66. The van der Waals surface area contributed by atoms with Crippen molar-refractivity contribution < 1.29 is 14.7 Å². The Morgan fingerprint density at radius 3 is 2.53 bits per heavy atom. The fourth-order valence-corrected chi connectivity index (χ4v) is 2.83. The molecule has 0 aromatic heterocycles. The van der Waals surface area contributed by atoms with Crippen LogP contribution in [0.2, 0.25) is 0 Å². The fourth-order valence-electron chi connectivity index (χ4n) is 2.83. The van der Waals surface area contributed by atoms with Gasteiger partial charge in [-0.05, 0) is 32.9 Å². The van der Waals surface area contributed by atoms with Crippen molar-refractivity contribution in [2.45, 2.75) is 44.9 Å². The van der Waals surface area contributed by atoms with Crippen molar-refractivity contribution in [3.05, 3.63) is 0 Å². The minimum absolute atomic E-state index is 0.0393. The molecule has 4 N–H and O–H groups in total. The second kappa shape index (κ2) is 5.88. The van der Waals surface area contributed by atoms with Crippen molar-refractivity contribution in [3.63, 3.8) is 0 Å². The van der Waals surface area contributed by atoms with E-state index in [2.05, 4.69) is 16.0 Å². The maximum atomic E-state index is 12.2. The van der Waals surface area contributed by atoms with Gasteiger partial charge in [-0.2, -0.15) is 0 Å². The molecule has 6 heteroatoms.